The van der Waals surface area contributed by atoms with Gasteiger partial charge >= 0.3 is 0 Å². The molecule has 1 aliphatic carbocycles. The Hall–Kier alpha value is -1.18. The van der Waals surface area contributed by atoms with Gasteiger partial charge in [-0.05, 0) is 43.2 Å². The first-order chi connectivity index (χ1) is 8.30. The van der Waals surface area contributed by atoms with E-state index in [2.05, 4.69) is 19.1 Å². The predicted molar refractivity (Wildman–Crippen MR) is 70.1 cm³/mol. The Morgan fingerprint density at radius 1 is 1.18 bits per heavy atom. The lowest BCUT2D eigenvalue weighted by Gasteiger charge is -2.14. The fourth-order valence-corrected chi connectivity index (χ4v) is 2.28. The average Bonchev–Trinajstić information content (AvgIpc) is 3.19. The second kappa shape index (κ2) is 5.44. The predicted octanol–water partition coefficient (Wildman–Crippen LogP) is 3.92. The zero-order chi connectivity index (χ0) is 12.3. The van der Waals surface area contributed by atoms with Crippen LogP contribution in [-0.2, 0) is 6.42 Å². The summed E-state index contributed by atoms with van der Waals surface area (Å²) in [6.07, 6.45) is 6.18. The minimum atomic E-state index is 0.695. The SMILES string of the molecule is CCCCc1cc(OC)c(OC)c(C2CC2)c1. The number of benzene rings is 1. The molecule has 0 aromatic heterocycles. The molecule has 2 heteroatoms. The van der Waals surface area contributed by atoms with E-state index in [1.165, 1.54) is 36.8 Å². The average molecular weight is 234 g/mol. The van der Waals surface area contributed by atoms with Crippen LogP contribution in [0.15, 0.2) is 12.1 Å². The van der Waals surface area contributed by atoms with Crippen LogP contribution in [-0.4, -0.2) is 14.2 Å². The highest BCUT2D eigenvalue weighted by atomic mass is 16.5. The van der Waals surface area contributed by atoms with Gasteiger partial charge in [0.25, 0.3) is 0 Å². The van der Waals surface area contributed by atoms with E-state index in [9.17, 15) is 0 Å². The van der Waals surface area contributed by atoms with Gasteiger partial charge in [-0.15, -0.1) is 0 Å². The number of unbranched alkanes of at least 4 members (excludes halogenated alkanes) is 1. The van der Waals surface area contributed by atoms with E-state index in [1.807, 2.05) is 0 Å². The lowest BCUT2D eigenvalue weighted by Crippen LogP contribution is -1.98. The van der Waals surface area contributed by atoms with Crippen molar-refractivity contribution in [3.05, 3.63) is 23.3 Å². The number of hydrogen-bond donors (Lipinski definition) is 0. The topological polar surface area (TPSA) is 18.5 Å². The van der Waals surface area contributed by atoms with Crippen LogP contribution in [0, 0.1) is 0 Å². The van der Waals surface area contributed by atoms with E-state index < -0.39 is 0 Å². The van der Waals surface area contributed by atoms with E-state index in [-0.39, 0.29) is 0 Å². The molecule has 0 aliphatic heterocycles. The highest BCUT2D eigenvalue weighted by molar-refractivity contribution is 5.52. The van der Waals surface area contributed by atoms with Gasteiger partial charge in [-0.1, -0.05) is 19.4 Å². The number of hydrogen-bond acceptors (Lipinski definition) is 2. The third-order valence-electron chi connectivity index (χ3n) is 3.40. The van der Waals surface area contributed by atoms with Crippen LogP contribution in [0.3, 0.4) is 0 Å². The van der Waals surface area contributed by atoms with Gasteiger partial charge < -0.3 is 9.47 Å². The summed E-state index contributed by atoms with van der Waals surface area (Å²) < 4.78 is 11.0. The third-order valence-corrected chi connectivity index (χ3v) is 3.40. The number of methoxy groups -OCH3 is 2. The van der Waals surface area contributed by atoms with Crippen molar-refractivity contribution < 1.29 is 9.47 Å². The Morgan fingerprint density at radius 2 is 1.94 bits per heavy atom. The molecule has 0 amide bonds. The molecule has 2 rings (SSSR count). The smallest absolute Gasteiger partial charge is 0.164 e. The molecular formula is C15H22O2. The summed E-state index contributed by atoms with van der Waals surface area (Å²) in [5.41, 5.74) is 2.73. The van der Waals surface area contributed by atoms with Crippen LogP contribution in [0.25, 0.3) is 0 Å². The van der Waals surface area contributed by atoms with Crippen molar-refractivity contribution >= 4 is 0 Å². The zero-order valence-corrected chi connectivity index (χ0v) is 11.1. The summed E-state index contributed by atoms with van der Waals surface area (Å²) in [5.74, 6) is 2.53. The number of rotatable bonds is 6. The van der Waals surface area contributed by atoms with Crippen molar-refractivity contribution in [3.8, 4) is 11.5 Å². The summed E-state index contributed by atoms with van der Waals surface area (Å²) in [6.45, 7) is 2.22. The van der Waals surface area contributed by atoms with E-state index in [0.29, 0.717) is 5.92 Å². The molecule has 1 aromatic carbocycles. The molecule has 0 bridgehead atoms. The van der Waals surface area contributed by atoms with Gasteiger partial charge in [0.2, 0.25) is 0 Å². The van der Waals surface area contributed by atoms with E-state index in [4.69, 9.17) is 9.47 Å². The largest absolute Gasteiger partial charge is 0.493 e. The molecule has 0 unspecified atom stereocenters. The molecule has 0 saturated heterocycles. The minimum Gasteiger partial charge on any atom is -0.493 e. The molecule has 0 heterocycles. The Bertz CT molecular complexity index is 381. The van der Waals surface area contributed by atoms with Gasteiger partial charge in [0.15, 0.2) is 11.5 Å². The molecular weight excluding hydrogens is 212 g/mol. The maximum Gasteiger partial charge on any atom is 0.164 e. The zero-order valence-electron chi connectivity index (χ0n) is 11.1. The van der Waals surface area contributed by atoms with Crippen LogP contribution in [0.4, 0.5) is 0 Å². The Labute approximate surface area is 104 Å². The van der Waals surface area contributed by atoms with Crippen molar-refractivity contribution in [1.29, 1.82) is 0 Å². The maximum atomic E-state index is 5.50. The van der Waals surface area contributed by atoms with Crippen LogP contribution in [0.2, 0.25) is 0 Å². The second-order valence-electron chi connectivity index (χ2n) is 4.80. The minimum absolute atomic E-state index is 0.695. The number of aryl methyl sites for hydroxylation is 1. The van der Waals surface area contributed by atoms with Crippen molar-refractivity contribution in [2.75, 3.05) is 14.2 Å². The van der Waals surface area contributed by atoms with Gasteiger partial charge in [0.1, 0.15) is 0 Å². The number of ether oxygens (including phenoxy) is 2. The standard InChI is InChI=1S/C15H22O2/c1-4-5-6-11-9-13(12-7-8-12)15(17-3)14(10-11)16-2/h9-10,12H,4-8H2,1-3H3. The Balaban J connectivity index is 2.32. The first-order valence-corrected chi connectivity index (χ1v) is 6.55. The lowest BCUT2D eigenvalue weighted by atomic mass is 10.0. The molecule has 0 N–H and O–H groups in total. The van der Waals surface area contributed by atoms with Crippen molar-refractivity contribution in [1.82, 2.24) is 0 Å². The van der Waals surface area contributed by atoms with E-state index in [0.717, 1.165) is 17.9 Å². The molecule has 2 nitrogen and oxygen atoms in total. The maximum absolute atomic E-state index is 5.50. The first-order valence-electron chi connectivity index (χ1n) is 6.55. The monoisotopic (exact) mass is 234 g/mol. The second-order valence-corrected chi connectivity index (χ2v) is 4.80. The molecule has 1 saturated carbocycles. The van der Waals surface area contributed by atoms with Gasteiger partial charge in [-0.25, -0.2) is 0 Å². The summed E-state index contributed by atoms with van der Waals surface area (Å²) in [5, 5.41) is 0. The van der Waals surface area contributed by atoms with E-state index >= 15 is 0 Å². The molecule has 0 spiro atoms. The summed E-state index contributed by atoms with van der Waals surface area (Å²) in [6, 6.07) is 4.44. The van der Waals surface area contributed by atoms with Crippen LogP contribution < -0.4 is 9.47 Å². The highest BCUT2D eigenvalue weighted by Crippen LogP contribution is 2.48. The molecule has 0 atom stereocenters. The molecule has 1 aromatic rings. The fourth-order valence-electron chi connectivity index (χ4n) is 2.28. The Morgan fingerprint density at radius 3 is 2.47 bits per heavy atom. The molecule has 0 radical (unpaired) electrons. The van der Waals surface area contributed by atoms with Gasteiger partial charge in [-0.3, -0.25) is 0 Å². The van der Waals surface area contributed by atoms with Gasteiger partial charge in [0.05, 0.1) is 14.2 Å². The van der Waals surface area contributed by atoms with Crippen molar-refractivity contribution in [2.45, 2.75) is 44.9 Å². The summed E-state index contributed by atoms with van der Waals surface area (Å²) in [4.78, 5) is 0. The van der Waals surface area contributed by atoms with Gasteiger partial charge in [-0.2, -0.15) is 0 Å². The van der Waals surface area contributed by atoms with Crippen LogP contribution in [0.5, 0.6) is 11.5 Å². The quantitative estimate of drug-likeness (QED) is 0.742. The Kier molecular flexibility index (Phi) is 3.93. The molecule has 94 valence electrons. The van der Waals surface area contributed by atoms with Gasteiger partial charge in [0, 0.05) is 5.56 Å². The van der Waals surface area contributed by atoms with Crippen molar-refractivity contribution in [2.24, 2.45) is 0 Å². The van der Waals surface area contributed by atoms with Crippen LogP contribution in [0.1, 0.15) is 49.7 Å². The fraction of sp³-hybridized carbons (Fsp3) is 0.600. The first kappa shape index (κ1) is 12.3. The third kappa shape index (κ3) is 2.74. The molecule has 1 aliphatic rings. The normalized spacial score (nSPS) is 14.8. The van der Waals surface area contributed by atoms with Crippen molar-refractivity contribution in [3.63, 3.8) is 0 Å². The molecule has 1 fully saturated rings. The van der Waals surface area contributed by atoms with Crippen LogP contribution >= 0.6 is 0 Å². The van der Waals surface area contributed by atoms with E-state index in [1.54, 1.807) is 14.2 Å². The molecule has 17 heavy (non-hydrogen) atoms. The summed E-state index contributed by atoms with van der Waals surface area (Å²) in [7, 11) is 3.45. The highest BCUT2D eigenvalue weighted by Gasteiger charge is 2.28. The lowest BCUT2D eigenvalue weighted by molar-refractivity contribution is 0.351. The summed E-state index contributed by atoms with van der Waals surface area (Å²) >= 11 is 0.